The number of thioether (sulfide) groups is 1. The third kappa shape index (κ3) is 7.10. The summed E-state index contributed by atoms with van der Waals surface area (Å²) in [6.07, 6.45) is 0.265. The van der Waals surface area contributed by atoms with Crippen molar-refractivity contribution in [3.63, 3.8) is 0 Å². The lowest BCUT2D eigenvalue weighted by Crippen LogP contribution is -2.30. The van der Waals surface area contributed by atoms with E-state index in [2.05, 4.69) is 15.4 Å². The second kappa shape index (κ2) is 10.3. The summed E-state index contributed by atoms with van der Waals surface area (Å²) < 4.78 is 17.3. The number of ether oxygens (including phenoxy) is 1. The summed E-state index contributed by atoms with van der Waals surface area (Å²) in [6, 6.07) is 12.5. The van der Waals surface area contributed by atoms with Crippen LogP contribution in [0.3, 0.4) is 0 Å². The lowest BCUT2D eigenvalue weighted by molar-refractivity contribution is -0.139. The summed E-state index contributed by atoms with van der Waals surface area (Å²) in [5, 5.41) is 5.16. The number of halogens is 1. The number of amides is 2. The largest absolute Gasteiger partial charge is 0.468 e. The van der Waals surface area contributed by atoms with Gasteiger partial charge in [-0.05, 0) is 42.5 Å². The van der Waals surface area contributed by atoms with Gasteiger partial charge in [0.05, 0.1) is 7.11 Å². The van der Waals surface area contributed by atoms with Crippen LogP contribution in [0, 0.1) is 5.82 Å². The molecule has 0 heterocycles. The van der Waals surface area contributed by atoms with Crippen LogP contribution in [0.25, 0.3) is 0 Å². The molecule has 0 radical (unpaired) electrons. The lowest BCUT2D eigenvalue weighted by Gasteiger charge is -2.08. The van der Waals surface area contributed by atoms with Gasteiger partial charge in [0.15, 0.2) is 0 Å². The van der Waals surface area contributed by atoms with Crippen molar-refractivity contribution in [3.8, 4) is 0 Å². The second-order valence-electron chi connectivity index (χ2n) is 5.44. The fourth-order valence-electron chi connectivity index (χ4n) is 2.08. The molecule has 0 aliphatic heterocycles. The predicted octanol–water partition coefficient (Wildman–Crippen LogP) is 2.85. The molecule has 142 valence electrons. The van der Waals surface area contributed by atoms with Crippen molar-refractivity contribution in [1.82, 2.24) is 5.32 Å². The number of carbonyl (C=O) groups is 3. The maximum atomic E-state index is 12.9. The first kappa shape index (κ1) is 20.4. The second-order valence-corrected chi connectivity index (χ2v) is 6.61. The fourth-order valence-corrected chi connectivity index (χ4v) is 2.93. The smallest absolute Gasteiger partial charge is 0.325 e. The van der Waals surface area contributed by atoms with E-state index in [0.29, 0.717) is 17.0 Å². The Kier molecular flexibility index (Phi) is 7.81. The SMILES string of the molecule is COC(=O)CNC(=O)c1cccc(NC(=O)CCSc2ccc(F)cc2)c1. The summed E-state index contributed by atoms with van der Waals surface area (Å²) in [4.78, 5) is 36.0. The summed E-state index contributed by atoms with van der Waals surface area (Å²) in [5.41, 5.74) is 0.801. The number of rotatable bonds is 8. The van der Waals surface area contributed by atoms with Gasteiger partial charge in [0.1, 0.15) is 12.4 Å². The van der Waals surface area contributed by atoms with Crippen LogP contribution < -0.4 is 10.6 Å². The highest BCUT2D eigenvalue weighted by atomic mass is 32.2. The van der Waals surface area contributed by atoms with E-state index < -0.39 is 11.9 Å². The molecule has 0 bridgehead atoms. The molecule has 0 saturated heterocycles. The van der Waals surface area contributed by atoms with Crippen molar-refractivity contribution in [2.45, 2.75) is 11.3 Å². The minimum Gasteiger partial charge on any atom is -0.468 e. The van der Waals surface area contributed by atoms with E-state index in [-0.39, 0.29) is 24.7 Å². The molecule has 0 saturated carbocycles. The summed E-state index contributed by atoms with van der Waals surface area (Å²) >= 11 is 1.45. The monoisotopic (exact) mass is 390 g/mol. The van der Waals surface area contributed by atoms with Crippen LogP contribution in [0.2, 0.25) is 0 Å². The number of methoxy groups -OCH3 is 1. The number of nitrogens with one attached hydrogen (secondary N) is 2. The molecule has 2 N–H and O–H groups in total. The predicted molar refractivity (Wildman–Crippen MR) is 101 cm³/mol. The molecule has 8 heteroatoms. The van der Waals surface area contributed by atoms with Gasteiger partial charge in [-0.25, -0.2) is 4.39 Å². The fraction of sp³-hybridized carbons (Fsp3) is 0.211. The highest BCUT2D eigenvalue weighted by molar-refractivity contribution is 7.99. The standard InChI is InChI=1S/C19H19FN2O4S/c1-26-18(24)12-21-19(25)13-3-2-4-15(11-13)22-17(23)9-10-27-16-7-5-14(20)6-8-16/h2-8,11H,9-10,12H2,1H3,(H,21,25)(H,22,23). The van der Waals surface area contributed by atoms with E-state index in [0.717, 1.165) is 4.90 Å². The number of esters is 1. The normalized spacial score (nSPS) is 10.1. The molecule has 0 aromatic heterocycles. The molecular formula is C19H19FN2O4S. The molecule has 0 unspecified atom stereocenters. The Labute approximate surface area is 160 Å². The summed E-state index contributed by atoms with van der Waals surface area (Å²) in [5.74, 6) is -0.948. The van der Waals surface area contributed by atoms with Gasteiger partial charge in [-0.15, -0.1) is 11.8 Å². The molecule has 0 aliphatic carbocycles. The maximum Gasteiger partial charge on any atom is 0.325 e. The number of anilines is 1. The Morgan fingerprint density at radius 3 is 2.56 bits per heavy atom. The van der Waals surface area contributed by atoms with Crippen molar-refractivity contribution >= 4 is 35.2 Å². The van der Waals surface area contributed by atoms with Crippen molar-refractivity contribution in [2.24, 2.45) is 0 Å². The molecule has 0 spiro atoms. The van der Waals surface area contributed by atoms with Gasteiger partial charge in [0.25, 0.3) is 5.91 Å². The van der Waals surface area contributed by atoms with E-state index in [1.165, 1.54) is 37.1 Å². The van der Waals surface area contributed by atoms with Gasteiger partial charge in [-0.2, -0.15) is 0 Å². The highest BCUT2D eigenvalue weighted by Gasteiger charge is 2.10. The van der Waals surface area contributed by atoms with Crippen LogP contribution in [-0.4, -0.2) is 37.2 Å². The molecule has 2 aromatic rings. The van der Waals surface area contributed by atoms with E-state index >= 15 is 0 Å². The Hall–Kier alpha value is -2.87. The van der Waals surface area contributed by atoms with Crippen molar-refractivity contribution < 1.29 is 23.5 Å². The number of hydrogen-bond acceptors (Lipinski definition) is 5. The first-order chi connectivity index (χ1) is 13.0. The number of hydrogen-bond donors (Lipinski definition) is 2. The van der Waals surface area contributed by atoms with Gasteiger partial charge in [-0.1, -0.05) is 6.07 Å². The van der Waals surface area contributed by atoms with Crippen LogP contribution in [0.5, 0.6) is 0 Å². The highest BCUT2D eigenvalue weighted by Crippen LogP contribution is 2.19. The minimum atomic E-state index is -0.550. The van der Waals surface area contributed by atoms with Crippen LogP contribution in [0.1, 0.15) is 16.8 Å². The maximum absolute atomic E-state index is 12.9. The average Bonchev–Trinajstić information content (AvgIpc) is 2.67. The van der Waals surface area contributed by atoms with Crippen LogP contribution in [0.15, 0.2) is 53.4 Å². The molecular weight excluding hydrogens is 371 g/mol. The minimum absolute atomic E-state index is 0.197. The van der Waals surface area contributed by atoms with Crippen LogP contribution >= 0.6 is 11.8 Å². The van der Waals surface area contributed by atoms with Crippen LogP contribution in [0.4, 0.5) is 10.1 Å². The van der Waals surface area contributed by atoms with Crippen LogP contribution in [-0.2, 0) is 14.3 Å². The molecule has 0 fully saturated rings. The lowest BCUT2D eigenvalue weighted by atomic mass is 10.2. The molecule has 0 atom stereocenters. The average molecular weight is 390 g/mol. The first-order valence-corrected chi connectivity index (χ1v) is 9.10. The third-order valence-corrected chi connectivity index (χ3v) is 4.45. The topological polar surface area (TPSA) is 84.5 Å². The molecule has 0 aliphatic rings. The molecule has 27 heavy (non-hydrogen) atoms. The Morgan fingerprint density at radius 2 is 1.85 bits per heavy atom. The van der Waals surface area contributed by atoms with E-state index in [1.54, 1.807) is 30.3 Å². The Bertz CT molecular complexity index is 812. The Morgan fingerprint density at radius 1 is 1.11 bits per heavy atom. The van der Waals surface area contributed by atoms with Gasteiger partial charge < -0.3 is 15.4 Å². The molecule has 2 rings (SSSR count). The number of benzene rings is 2. The van der Waals surface area contributed by atoms with Crippen molar-refractivity contribution in [1.29, 1.82) is 0 Å². The summed E-state index contributed by atoms with van der Waals surface area (Å²) in [6.45, 7) is -0.230. The zero-order valence-electron chi connectivity index (χ0n) is 14.7. The van der Waals surface area contributed by atoms with Gasteiger partial charge in [0.2, 0.25) is 5.91 Å². The molecule has 6 nitrogen and oxygen atoms in total. The quantitative estimate of drug-likeness (QED) is 0.535. The van der Waals surface area contributed by atoms with Crippen molar-refractivity contribution in [3.05, 3.63) is 59.9 Å². The van der Waals surface area contributed by atoms with Gasteiger partial charge in [-0.3, -0.25) is 14.4 Å². The molecule has 2 amide bonds. The van der Waals surface area contributed by atoms with Crippen molar-refractivity contribution in [2.75, 3.05) is 24.7 Å². The molecule has 2 aromatic carbocycles. The zero-order valence-corrected chi connectivity index (χ0v) is 15.5. The van der Waals surface area contributed by atoms with E-state index in [9.17, 15) is 18.8 Å². The first-order valence-electron chi connectivity index (χ1n) is 8.11. The third-order valence-electron chi connectivity index (χ3n) is 3.44. The Balaban J connectivity index is 1.82. The number of carbonyl (C=O) groups excluding carboxylic acids is 3. The van der Waals surface area contributed by atoms with E-state index in [4.69, 9.17) is 0 Å². The summed E-state index contributed by atoms with van der Waals surface area (Å²) in [7, 11) is 1.24. The van der Waals surface area contributed by atoms with E-state index in [1.807, 2.05) is 0 Å². The van der Waals surface area contributed by atoms with Gasteiger partial charge >= 0.3 is 5.97 Å². The zero-order chi connectivity index (χ0) is 19.6. The van der Waals surface area contributed by atoms with Gasteiger partial charge in [0, 0.05) is 28.3 Å².